The van der Waals surface area contributed by atoms with Gasteiger partial charge in [0.25, 0.3) is 5.91 Å². The van der Waals surface area contributed by atoms with E-state index in [0.29, 0.717) is 30.2 Å². The Hall–Kier alpha value is -4.33. The van der Waals surface area contributed by atoms with E-state index in [1.807, 2.05) is 67.1 Å². The van der Waals surface area contributed by atoms with Crippen molar-refractivity contribution in [1.29, 1.82) is 5.41 Å². The van der Waals surface area contributed by atoms with Crippen LogP contribution in [0.1, 0.15) is 24.5 Å². The number of amides is 1. The topological polar surface area (TPSA) is 123 Å². The van der Waals surface area contributed by atoms with E-state index in [1.165, 1.54) is 0 Å². The molecular formula is C25H25N7O. The zero-order valence-corrected chi connectivity index (χ0v) is 18.5. The van der Waals surface area contributed by atoms with Gasteiger partial charge < -0.3 is 16.5 Å². The summed E-state index contributed by atoms with van der Waals surface area (Å²) in [5.41, 5.74) is 11.6. The monoisotopic (exact) mass is 439 g/mol. The van der Waals surface area contributed by atoms with E-state index in [9.17, 15) is 4.79 Å². The van der Waals surface area contributed by atoms with Crippen LogP contribution >= 0.6 is 0 Å². The number of allylic oxidation sites excluding steroid dienone is 1. The van der Waals surface area contributed by atoms with Crippen LogP contribution in [-0.2, 0) is 11.3 Å². The largest absolute Gasteiger partial charge is 0.383 e. The average molecular weight is 440 g/mol. The van der Waals surface area contributed by atoms with Crippen molar-refractivity contribution in [2.45, 2.75) is 26.8 Å². The summed E-state index contributed by atoms with van der Waals surface area (Å²) in [6, 6.07) is 13.5. The van der Waals surface area contributed by atoms with Crippen molar-refractivity contribution in [3.05, 3.63) is 77.6 Å². The van der Waals surface area contributed by atoms with E-state index in [-0.39, 0.29) is 5.91 Å². The van der Waals surface area contributed by atoms with Crippen molar-refractivity contribution in [3.8, 4) is 17.1 Å². The maximum absolute atomic E-state index is 12.2. The van der Waals surface area contributed by atoms with Crippen LogP contribution in [0.3, 0.4) is 0 Å². The third-order valence-corrected chi connectivity index (χ3v) is 5.20. The second kappa shape index (κ2) is 9.44. The number of hydrogen-bond donors (Lipinski definition) is 3. The maximum atomic E-state index is 12.2. The van der Waals surface area contributed by atoms with Crippen molar-refractivity contribution in [2.24, 2.45) is 0 Å². The fourth-order valence-electron chi connectivity index (χ4n) is 3.58. The molecule has 0 bridgehead atoms. The molecule has 0 radical (unpaired) electrons. The fraction of sp³-hybridized carbons (Fsp3) is 0.160. The van der Waals surface area contributed by atoms with Gasteiger partial charge in [0.2, 0.25) is 0 Å². The number of carbonyl (C=O) groups is 1. The fourth-order valence-corrected chi connectivity index (χ4v) is 3.58. The summed E-state index contributed by atoms with van der Waals surface area (Å²) in [4.78, 5) is 25.9. The van der Waals surface area contributed by atoms with Crippen molar-refractivity contribution in [2.75, 3.05) is 5.73 Å². The van der Waals surface area contributed by atoms with E-state index >= 15 is 0 Å². The highest BCUT2D eigenvalue weighted by Crippen LogP contribution is 2.30. The molecule has 0 saturated carbocycles. The Morgan fingerprint density at radius 1 is 1.21 bits per heavy atom. The quantitative estimate of drug-likeness (QED) is 0.297. The van der Waals surface area contributed by atoms with E-state index in [1.54, 1.807) is 12.3 Å². The van der Waals surface area contributed by atoms with Crippen molar-refractivity contribution in [3.63, 3.8) is 0 Å². The number of imidazole rings is 1. The highest BCUT2D eigenvalue weighted by atomic mass is 16.1. The average Bonchev–Trinajstić information content (AvgIpc) is 3.19. The predicted molar refractivity (Wildman–Crippen MR) is 130 cm³/mol. The van der Waals surface area contributed by atoms with Gasteiger partial charge in [-0.3, -0.25) is 9.36 Å². The number of aryl methyl sites for hydroxylation is 1. The van der Waals surface area contributed by atoms with Gasteiger partial charge in [0.1, 0.15) is 11.3 Å². The second-order valence-electron chi connectivity index (χ2n) is 7.62. The Morgan fingerprint density at radius 3 is 2.70 bits per heavy atom. The van der Waals surface area contributed by atoms with E-state index in [2.05, 4.69) is 15.3 Å². The Morgan fingerprint density at radius 2 is 2.00 bits per heavy atom. The molecule has 0 spiro atoms. The van der Waals surface area contributed by atoms with Gasteiger partial charge in [-0.1, -0.05) is 25.1 Å². The highest BCUT2D eigenvalue weighted by Gasteiger charge is 2.18. The molecule has 0 unspecified atom stereocenters. The smallest absolute Gasteiger partial charge is 0.252 e. The van der Waals surface area contributed by atoms with Gasteiger partial charge in [-0.15, -0.1) is 0 Å². The standard InChI is InChI=1S/C25H25N7O/c1-3-5-18(13-26)25(33)30-15-17-7-9-19(10-8-17)32-23(20-6-4-11-28-22(20)27)31-21-12-16(2)14-29-24(21)32/h4-14,26H,3,15H2,1-2H3,(H2,27,28)(H,30,33)/b18-5+,26-13?. The Balaban J connectivity index is 1.69. The van der Waals surface area contributed by atoms with Crippen molar-refractivity contribution in [1.82, 2.24) is 24.8 Å². The van der Waals surface area contributed by atoms with E-state index in [0.717, 1.165) is 39.8 Å². The predicted octanol–water partition coefficient (Wildman–Crippen LogP) is 3.98. The first-order valence-electron chi connectivity index (χ1n) is 10.7. The van der Waals surface area contributed by atoms with Crippen LogP contribution in [0, 0.1) is 12.3 Å². The van der Waals surface area contributed by atoms with Crippen LogP contribution < -0.4 is 11.1 Å². The lowest BCUT2D eigenvalue weighted by atomic mass is 10.1. The number of pyridine rings is 2. The molecular weight excluding hydrogens is 414 g/mol. The summed E-state index contributed by atoms with van der Waals surface area (Å²) in [5, 5.41) is 10.2. The molecule has 0 saturated heterocycles. The molecule has 3 aromatic heterocycles. The maximum Gasteiger partial charge on any atom is 0.252 e. The molecule has 4 rings (SSSR count). The number of anilines is 1. The van der Waals surface area contributed by atoms with Crippen LogP contribution in [0.15, 0.2) is 66.5 Å². The van der Waals surface area contributed by atoms with Gasteiger partial charge in [0.05, 0.1) is 11.1 Å². The molecule has 8 nitrogen and oxygen atoms in total. The van der Waals surface area contributed by atoms with Gasteiger partial charge in [-0.2, -0.15) is 0 Å². The molecule has 1 amide bonds. The van der Waals surface area contributed by atoms with Crippen LogP contribution in [-0.4, -0.2) is 31.6 Å². The number of carbonyl (C=O) groups excluding carboxylic acids is 1. The van der Waals surface area contributed by atoms with Gasteiger partial charge >= 0.3 is 0 Å². The molecule has 4 aromatic rings. The number of fused-ring (bicyclic) bond motifs is 1. The summed E-state index contributed by atoms with van der Waals surface area (Å²) in [6.07, 6.45) is 6.97. The molecule has 0 aliphatic heterocycles. The lowest BCUT2D eigenvalue weighted by Crippen LogP contribution is -2.25. The Kier molecular flexibility index (Phi) is 6.26. The number of nitrogens with one attached hydrogen (secondary N) is 2. The normalized spacial score (nSPS) is 11.5. The summed E-state index contributed by atoms with van der Waals surface area (Å²) >= 11 is 0. The number of nitrogen functional groups attached to an aromatic ring is 1. The Labute approximate surface area is 191 Å². The number of hydrogen-bond acceptors (Lipinski definition) is 6. The highest BCUT2D eigenvalue weighted by molar-refractivity contribution is 6.11. The minimum absolute atomic E-state index is 0.259. The van der Waals surface area contributed by atoms with Crippen LogP contribution in [0.2, 0.25) is 0 Å². The molecule has 1 aromatic carbocycles. The first kappa shape index (κ1) is 21.9. The number of aromatic nitrogens is 4. The third-order valence-electron chi connectivity index (χ3n) is 5.20. The molecule has 33 heavy (non-hydrogen) atoms. The second-order valence-corrected chi connectivity index (χ2v) is 7.62. The number of nitrogens with zero attached hydrogens (tertiary/aromatic N) is 4. The summed E-state index contributed by atoms with van der Waals surface area (Å²) in [5.74, 6) is 0.799. The first-order chi connectivity index (χ1) is 16.0. The Bertz CT molecular complexity index is 1350. The molecule has 0 atom stereocenters. The molecule has 0 aliphatic carbocycles. The summed E-state index contributed by atoms with van der Waals surface area (Å²) in [6.45, 7) is 4.27. The molecule has 3 heterocycles. The van der Waals surface area contributed by atoms with Crippen LogP contribution in [0.5, 0.6) is 0 Å². The zero-order valence-electron chi connectivity index (χ0n) is 18.5. The van der Waals surface area contributed by atoms with Crippen LogP contribution in [0.4, 0.5) is 5.82 Å². The van der Waals surface area contributed by atoms with Gasteiger partial charge in [0.15, 0.2) is 11.5 Å². The number of nitrogens with two attached hydrogens (primary N) is 1. The molecule has 0 aliphatic rings. The SMILES string of the molecule is CC/C=C(\C=N)C(=O)NCc1ccc(-n2c(-c3cccnc3N)nc3cc(C)cnc32)cc1. The molecule has 4 N–H and O–H groups in total. The van der Waals surface area contributed by atoms with E-state index < -0.39 is 0 Å². The minimum atomic E-state index is -0.259. The number of benzene rings is 1. The third kappa shape index (κ3) is 4.50. The summed E-state index contributed by atoms with van der Waals surface area (Å²) in [7, 11) is 0. The van der Waals surface area contributed by atoms with Crippen molar-refractivity contribution >= 4 is 29.1 Å². The van der Waals surface area contributed by atoms with Crippen LogP contribution in [0.25, 0.3) is 28.2 Å². The lowest BCUT2D eigenvalue weighted by molar-refractivity contribution is -0.117. The van der Waals surface area contributed by atoms with Crippen molar-refractivity contribution < 1.29 is 4.79 Å². The lowest BCUT2D eigenvalue weighted by Gasteiger charge is -2.11. The molecule has 8 heteroatoms. The minimum Gasteiger partial charge on any atom is -0.383 e. The number of rotatable bonds is 7. The van der Waals surface area contributed by atoms with E-state index in [4.69, 9.17) is 16.1 Å². The van der Waals surface area contributed by atoms with Gasteiger partial charge in [-0.25, -0.2) is 15.0 Å². The van der Waals surface area contributed by atoms with Gasteiger partial charge in [0, 0.05) is 30.8 Å². The molecule has 0 fully saturated rings. The van der Waals surface area contributed by atoms with Gasteiger partial charge in [-0.05, 0) is 54.8 Å². The zero-order chi connectivity index (χ0) is 23.4. The summed E-state index contributed by atoms with van der Waals surface area (Å²) < 4.78 is 1.96. The molecule has 166 valence electrons. The first-order valence-corrected chi connectivity index (χ1v) is 10.7.